The minimum atomic E-state index is -1.08. The number of nitrogens with zero attached hydrogens (tertiary/aromatic N) is 1. The van der Waals surface area contributed by atoms with E-state index in [0.717, 1.165) is 31.4 Å². The fraction of sp³-hybridized carbons (Fsp3) is 0.704. The minimum Gasteiger partial charge on any atom is -0.453 e. The number of urea groups is 1. The molecule has 1 saturated carbocycles. The average molecular weight is 504 g/mol. The summed E-state index contributed by atoms with van der Waals surface area (Å²) in [6.07, 6.45) is 8.66. The first-order chi connectivity index (χ1) is 17.5. The van der Waals surface area contributed by atoms with Crippen LogP contribution in [0.3, 0.4) is 0 Å². The molecule has 5 N–H and O–H groups in total. The lowest BCUT2D eigenvalue weighted by Crippen LogP contribution is -2.57. The molecule has 1 aromatic rings. The zero-order valence-corrected chi connectivity index (χ0v) is 22.0. The molecule has 1 heterocycles. The highest BCUT2D eigenvalue weighted by Gasteiger charge is 2.41. The molecule has 0 bridgehead atoms. The summed E-state index contributed by atoms with van der Waals surface area (Å²) in [7, 11) is 3.26. The first-order valence-electron chi connectivity index (χ1n) is 13.5. The molecule has 1 aliphatic carbocycles. The molecular weight excluding hydrogens is 458 g/mol. The van der Waals surface area contributed by atoms with Crippen LogP contribution < -0.4 is 21.7 Å². The zero-order valence-electron chi connectivity index (χ0n) is 22.0. The van der Waals surface area contributed by atoms with Gasteiger partial charge in [0.2, 0.25) is 0 Å². The maximum atomic E-state index is 13.3. The predicted molar refractivity (Wildman–Crippen MR) is 140 cm³/mol. The number of benzene rings is 1. The van der Waals surface area contributed by atoms with Crippen LogP contribution in [0.15, 0.2) is 30.3 Å². The van der Waals surface area contributed by atoms with Gasteiger partial charge in [-0.3, -0.25) is 5.73 Å². The Labute approximate surface area is 215 Å². The number of likely N-dealkylation sites (N-methyl/N-ethyl adjacent to an activating group) is 1. The number of hydrogen-bond donors (Lipinski definition) is 4. The van der Waals surface area contributed by atoms with Gasteiger partial charge in [-0.1, -0.05) is 62.4 Å². The Morgan fingerprint density at radius 1 is 1.14 bits per heavy atom. The number of nitrogens with two attached hydrogens (primary N) is 1. The van der Waals surface area contributed by atoms with Crippen LogP contribution in [0.2, 0.25) is 0 Å². The molecule has 9 heteroatoms. The Bertz CT molecular complexity index is 805. The van der Waals surface area contributed by atoms with Crippen molar-refractivity contribution in [3.63, 3.8) is 0 Å². The van der Waals surface area contributed by atoms with Gasteiger partial charge in [0.15, 0.2) is 0 Å². The summed E-state index contributed by atoms with van der Waals surface area (Å²) in [5.41, 5.74) is 6.73. The van der Waals surface area contributed by atoms with Crippen molar-refractivity contribution < 1.29 is 19.1 Å². The van der Waals surface area contributed by atoms with Crippen molar-refractivity contribution in [2.75, 3.05) is 46.9 Å². The van der Waals surface area contributed by atoms with Crippen molar-refractivity contribution in [3.05, 3.63) is 35.9 Å². The maximum absolute atomic E-state index is 13.3. The van der Waals surface area contributed by atoms with Crippen LogP contribution >= 0.6 is 0 Å². The molecule has 36 heavy (non-hydrogen) atoms. The molecular formula is C27H45N5O4. The summed E-state index contributed by atoms with van der Waals surface area (Å²) < 4.78 is 10.9. The minimum absolute atomic E-state index is 0.0291. The standard InChI is InChI=1S/C27H45N5O4/c1-29-19-24(18-21-10-5-3-6-11-21)31-25(33)32-16-9-14-23(20-32)27(28,22-12-7-4-8-13-22)36-17-15-30-26(34)35-2/h4,7-8,12-13,21,23-24,29H,3,5-6,9-11,14-20,28H2,1-2H3,(H,30,34)(H,31,33)/t23-,24+,27+/m1/s1. The first kappa shape index (κ1) is 28.2. The Morgan fingerprint density at radius 2 is 1.89 bits per heavy atom. The van der Waals surface area contributed by atoms with Crippen molar-refractivity contribution in [2.24, 2.45) is 17.6 Å². The molecule has 2 aliphatic rings. The van der Waals surface area contributed by atoms with E-state index in [1.54, 1.807) is 0 Å². The maximum Gasteiger partial charge on any atom is 0.406 e. The van der Waals surface area contributed by atoms with E-state index in [2.05, 4.69) is 20.7 Å². The van der Waals surface area contributed by atoms with Crippen LogP contribution in [-0.4, -0.2) is 70.0 Å². The van der Waals surface area contributed by atoms with E-state index < -0.39 is 11.8 Å². The van der Waals surface area contributed by atoms with Crippen molar-refractivity contribution in [3.8, 4) is 0 Å². The topological polar surface area (TPSA) is 118 Å². The second kappa shape index (κ2) is 14.4. The zero-order chi connectivity index (χ0) is 25.8. The molecule has 0 spiro atoms. The van der Waals surface area contributed by atoms with E-state index >= 15 is 0 Å². The highest BCUT2D eigenvalue weighted by Crippen LogP contribution is 2.35. The van der Waals surface area contributed by atoms with E-state index in [0.29, 0.717) is 19.0 Å². The number of carbonyl (C=O) groups excluding carboxylic acids is 2. The summed E-state index contributed by atoms with van der Waals surface area (Å²) in [5, 5.41) is 9.18. The number of methoxy groups -OCH3 is 1. The van der Waals surface area contributed by atoms with E-state index in [9.17, 15) is 9.59 Å². The lowest BCUT2D eigenvalue weighted by atomic mass is 9.83. The third-order valence-electron chi connectivity index (χ3n) is 7.56. The van der Waals surface area contributed by atoms with Gasteiger partial charge in [0.1, 0.15) is 5.72 Å². The molecule has 0 aromatic heterocycles. The van der Waals surface area contributed by atoms with E-state index in [-0.39, 0.29) is 31.1 Å². The molecule has 1 aromatic carbocycles. The summed E-state index contributed by atoms with van der Waals surface area (Å²) in [6, 6.07) is 9.82. The quantitative estimate of drug-likeness (QED) is 0.272. The summed E-state index contributed by atoms with van der Waals surface area (Å²) in [5.74, 6) is 0.604. The van der Waals surface area contributed by atoms with Crippen molar-refractivity contribution in [1.29, 1.82) is 0 Å². The Morgan fingerprint density at radius 3 is 2.58 bits per heavy atom. The average Bonchev–Trinajstić information content (AvgIpc) is 2.92. The van der Waals surface area contributed by atoms with Gasteiger partial charge >= 0.3 is 12.1 Å². The van der Waals surface area contributed by atoms with Crippen molar-refractivity contribution in [2.45, 2.75) is 63.1 Å². The second-order valence-corrected chi connectivity index (χ2v) is 10.2. The van der Waals surface area contributed by atoms with Crippen molar-refractivity contribution in [1.82, 2.24) is 20.9 Å². The number of carbonyl (C=O) groups is 2. The summed E-state index contributed by atoms with van der Waals surface area (Å²) >= 11 is 0. The molecule has 3 atom stereocenters. The highest BCUT2D eigenvalue weighted by molar-refractivity contribution is 5.74. The Kier molecular flexibility index (Phi) is 11.3. The molecule has 3 amide bonds. The molecule has 0 radical (unpaired) electrons. The predicted octanol–water partition coefficient (Wildman–Crippen LogP) is 3.15. The number of nitrogens with one attached hydrogen (secondary N) is 3. The number of piperidine rings is 1. The van der Waals surface area contributed by atoms with Gasteiger partial charge in [-0.05, 0) is 37.8 Å². The summed E-state index contributed by atoms with van der Waals surface area (Å²) in [4.78, 5) is 26.6. The van der Waals surface area contributed by atoms with Crippen molar-refractivity contribution >= 4 is 12.1 Å². The smallest absolute Gasteiger partial charge is 0.406 e. The number of amides is 3. The van der Waals surface area contributed by atoms with Crippen LogP contribution in [0.1, 0.15) is 56.9 Å². The monoisotopic (exact) mass is 503 g/mol. The Hall–Kier alpha value is -2.36. The van der Waals surface area contributed by atoms with Crippen LogP contribution in [-0.2, 0) is 15.2 Å². The lowest BCUT2D eigenvalue weighted by Gasteiger charge is -2.43. The third-order valence-corrected chi connectivity index (χ3v) is 7.56. The molecule has 1 aliphatic heterocycles. The second-order valence-electron chi connectivity index (χ2n) is 10.2. The largest absolute Gasteiger partial charge is 0.453 e. The van der Waals surface area contributed by atoms with Gasteiger partial charge in [0.05, 0.1) is 13.7 Å². The number of hydrogen-bond acceptors (Lipinski definition) is 6. The molecule has 2 fully saturated rings. The molecule has 202 valence electrons. The van der Waals surface area contributed by atoms with Crippen LogP contribution in [0.4, 0.5) is 9.59 Å². The van der Waals surface area contributed by atoms with E-state index in [1.807, 2.05) is 42.3 Å². The number of likely N-dealkylation sites (tertiary alicyclic amines) is 1. The molecule has 0 unspecified atom stereocenters. The molecule has 1 saturated heterocycles. The molecule has 9 nitrogen and oxygen atoms in total. The number of rotatable bonds is 11. The third kappa shape index (κ3) is 8.08. The normalized spacial score (nSPS) is 21.3. The Balaban J connectivity index is 1.64. The SMILES string of the molecule is CNC[C@H](CC1CCCCC1)NC(=O)N1CCC[C@@H]([C@@](N)(OCCNC(=O)OC)c2ccccc2)C1. The van der Waals surface area contributed by atoms with Crippen LogP contribution in [0, 0.1) is 11.8 Å². The number of ether oxygens (including phenoxy) is 2. The highest BCUT2D eigenvalue weighted by atomic mass is 16.5. The first-order valence-corrected chi connectivity index (χ1v) is 13.5. The van der Waals surface area contributed by atoms with E-state index in [1.165, 1.54) is 39.2 Å². The van der Waals surface area contributed by atoms with E-state index in [4.69, 9.17) is 10.5 Å². The van der Waals surface area contributed by atoms with Gasteiger partial charge in [-0.15, -0.1) is 0 Å². The van der Waals surface area contributed by atoms with Gasteiger partial charge < -0.3 is 30.3 Å². The van der Waals surface area contributed by atoms with Gasteiger partial charge in [0.25, 0.3) is 0 Å². The van der Waals surface area contributed by atoms with Gasteiger partial charge in [-0.2, -0.15) is 0 Å². The number of alkyl carbamates (subject to hydrolysis) is 1. The molecule has 3 rings (SSSR count). The van der Waals surface area contributed by atoms with Crippen LogP contribution in [0.5, 0.6) is 0 Å². The fourth-order valence-electron chi connectivity index (χ4n) is 5.62. The van der Waals surface area contributed by atoms with Gasteiger partial charge in [0, 0.05) is 38.1 Å². The van der Waals surface area contributed by atoms with Gasteiger partial charge in [-0.25, -0.2) is 9.59 Å². The summed E-state index contributed by atoms with van der Waals surface area (Å²) in [6.45, 7) is 2.49. The fourth-order valence-corrected chi connectivity index (χ4v) is 5.62. The van der Waals surface area contributed by atoms with Crippen LogP contribution in [0.25, 0.3) is 0 Å². The lowest BCUT2D eigenvalue weighted by molar-refractivity contribution is -0.102.